The van der Waals surface area contributed by atoms with Gasteiger partial charge in [-0.25, -0.2) is 0 Å². The lowest BCUT2D eigenvalue weighted by molar-refractivity contribution is -0.384. The van der Waals surface area contributed by atoms with Crippen LogP contribution in [0.5, 0.6) is 0 Å². The maximum atomic E-state index is 11.9. The largest absolute Gasteiger partial charge is 0.294 e. The van der Waals surface area contributed by atoms with Crippen molar-refractivity contribution in [1.82, 2.24) is 0 Å². The summed E-state index contributed by atoms with van der Waals surface area (Å²) in [5.74, 6) is 0.876. The van der Waals surface area contributed by atoms with Gasteiger partial charge in [-0.1, -0.05) is 38.1 Å². The van der Waals surface area contributed by atoms with E-state index in [1.807, 2.05) is 38.1 Å². The number of benzene rings is 2. The molecule has 0 spiro atoms. The van der Waals surface area contributed by atoms with Crippen LogP contribution in [0.15, 0.2) is 53.4 Å². The number of ketones is 1. The van der Waals surface area contributed by atoms with Crippen molar-refractivity contribution in [2.75, 3.05) is 0 Å². The van der Waals surface area contributed by atoms with E-state index in [-0.39, 0.29) is 17.4 Å². The Morgan fingerprint density at radius 2 is 1.68 bits per heavy atom. The van der Waals surface area contributed by atoms with E-state index in [1.165, 1.54) is 12.1 Å². The number of hydrogen-bond donors (Lipinski definition) is 0. The molecule has 0 aliphatic heterocycles. The third-order valence-corrected chi connectivity index (χ3v) is 4.30. The highest BCUT2D eigenvalue weighted by molar-refractivity contribution is 7.98. The number of non-ortho nitro benzene ring substituents is 1. The summed E-state index contributed by atoms with van der Waals surface area (Å²) in [6.45, 7) is 3.78. The molecule has 0 atom stereocenters. The molecule has 0 N–H and O–H groups in total. The van der Waals surface area contributed by atoms with Crippen LogP contribution in [0.25, 0.3) is 0 Å². The van der Waals surface area contributed by atoms with E-state index < -0.39 is 4.92 Å². The van der Waals surface area contributed by atoms with Crippen molar-refractivity contribution in [2.45, 2.75) is 24.5 Å². The van der Waals surface area contributed by atoms with Gasteiger partial charge in [-0.3, -0.25) is 14.9 Å². The second kappa shape index (κ2) is 7.22. The minimum absolute atomic E-state index is 0.00128. The summed E-state index contributed by atoms with van der Waals surface area (Å²) in [4.78, 5) is 23.1. The van der Waals surface area contributed by atoms with Crippen molar-refractivity contribution in [3.8, 4) is 0 Å². The summed E-state index contributed by atoms with van der Waals surface area (Å²) in [5, 5.41) is 10.6. The zero-order chi connectivity index (χ0) is 16.1. The zero-order valence-corrected chi connectivity index (χ0v) is 13.3. The first kappa shape index (κ1) is 16.2. The average Bonchev–Trinajstić information content (AvgIpc) is 2.53. The molecule has 4 nitrogen and oxygen atoms in total. The molecule has 0 aliphatic carbocycles. The monoisotopic (exact) mass is 315 g/mol. The maximum Gasteiger partial charge on any atom is 0.269 e. The Labute approximate surface area is 133 Å². The molecule has 0 unspecified atom stereocenters. The standard InChI is InChI=1S/C17H17NO3S/c1-12(2)17(19)14-5-9-16(10-6-14)22-11-13-3-7-15(8-4-13)18(20)21/h3-10,12H,11H2,1-2H3. The fourth-order valence-electron chi connectivity index (χ4n) is 1.93. The molecule has 2 rings (SSSR count). The number of carbonyl (C=O) groups is 1. The van der Waals surface area contributed by atoms with Crippen LogP contribution in [0.4, 0.5) is 5.69 Å². The highest BCUT2D eigenvalue weighted by Crippen LogP contribution is 2.24. The Bertz CT molecular complexity index is 663. The molecule has 114 valence electrons. The third-order valence-electron chi connectivity index (χ3n) is 3.22. The summed E-state index contributed by atoms with van der Waals surface area (Å²) in [5.41, 5.74) is 1.86. The third kappa shape index (κ3) is 4.18. The number of hydrogen-bond acceptors (Lipinski definition) is 4. The molecule has 0 heterocycles. The molecule has 22 heavy (non-hydrogen) atoms. The molecule has 5 heteroatoms. The Balaban J connectivity index is 1.97. The lowest BCUT2D eigenvalue weighted by atomic mass is 10.0. The molecule has 0 aromatic heterocycles. The Hall–Kier alpha value is -2.14. The maximum absolute atomic E-state index is 11.9. The van der Waals surface area contributed by atoms with Gasteiger partial charge < -0.3 is 0 Å². The van der Waals surface area contributed by atoms with Gasteiger partial charge in [0.2, 0.25) is 0 Å². The van der Waals surface area contributed by atoms with Crippen LogP contribution in [-0.4, -0.2) is 10.7 Å². The van der Waals surface area contributed by atoms with Gasteiger partial charge >= 0.3 is 0 Å². The second-order valence-electron chi connectivity index (χ2n) is 5.26. The molecule has 0 saturated carbocycles. The van der Waals surface area contributed by atoms with Gasteiger partial charge in [-0.2, -0.15) is 0 Å². The van der Waals surface area contributed by atoms with Gasteiger partial charge in [-0.15, -0.1) is 11.8 Å². The van der Waals surface area contributed by atoms with Crippen molar-refractivity contribution in [3.63, 3.8) is 0 Å². The number of carbonyl (C=O) groups excluding carboxylic acids is 1. The van der Waals surface area contributed by atoms with Crippen molar-refractivity contribution in [2.24, 2.45) is 5.92 Å². The van der Waals surface area contributed by atoms with Gasteiger partial charge in [0.25, 0.3) is 5.69 Å². The molecule has 0 radical (unpaired) electrons. The zero-order valence-electron chi connectivity index (χ0n) is 12.5. The van der Waals surface area contributed by atoms with Crippen LogP contribution in [-0.2, 0) is 5.75 Å². The lowest BCUT2D eigenvalue weighted by Gasteiger charge is -2.06. The second-order valence-corrected chi connectivity index (χ2v) is 6.30. The smallest absolute Gasteiger partial charge is 0.269 e. The molecule has 2 aromatic rings. The molecule has 0 fully saturated rings. The molecule has 2 aromatic carbocycles. The topological polar surface area (TPSA) is 60.2 Å². The van der Waals surface area contributed by atoms with Crippen LogP contribution in [0.2, 0.25) is 0 Å². The first-order chi connectivity index (χ1) is 10.5. The van der Waals surface area contributed by atoms with Gasteiger partial charge in [0.1, 0.15) is 0 Å². The predicted octanol–water partition coefficient (Wildman–Crippen LogP) is 4.73. The van der Waals surface area contributed by atoms with E-state index in [0.29, 0.717) is 0 Å². The molecular formula is C17H17NO3S. The quantitative estimate of drug-likeness (QED) is 0.335. The first-order valence-electron chi connectivity index (χ1n) is 6.98. The number of thioether (sulfide) groups is 1. The van der Waals surface area contributed by atoms with Gasteiger partial charge in [-0.05, 0) is 17.7 Å². The van der Waals surface area contributed by atoms with E-state index in [2.05, 4.69) is 0 Å². The normalized spacial score (nSPS) is 10.7. The Morgan fingerprint density at radius 3 is 2.18 bits per heavy atom. The number of nitro groups is 1. The van der Waals surface area contributed by atoms with Gasteiger partial charge in [0.15, 0.2) is 5.78 Å². The van der Waals surface area contributed by atoms with Gasteiger partial charge in [0, 0.05) is 34.3 Å². The van der Waals surface area contributed by atoms with Crippen LogP contribution in [0.3, 0.4) is 0 Å². The average molecular weight is 315 g/mol. The lowest BCUT2D eigenvalue weighted by Crippen LogP contribution is -2.06. The minimum atomic E-state index is -0.401. The van der Waals surface area contributed by atoms with E-state index in [0.717, 1.165) is 21.8 Å². The van der Waals surface area contributed by atoms with Crippen molar-refractivity contribution < 1.29 is 9.72 Å². The summed E-state index contributed by atoms with van der Waals surface area (Å²) < 4.78 is 0. The minimum Gasteiger partial charge on any atom is -0.294 e. The number of nitro benzene ring substituents is 1. The van der Waals surface area contributed by atoms with E-state index in [9.17, 15) is 14.9 Å². The Kier molecular flexibility index (Phi) is 5.33. The van der Waals surface area contributed by atoms with Crippen LogP contribution in [0.1, 0.15) is 29.8 Å². The summed E-state index contributed by atoms with van der Waals surface area (Å²) in [6, 6.07) is 14.1. The summed E-state index contributed by atoms with van der Waals surface area (Å²) in [7, 11) is 0. The van der Waals surface area contributed by atoms with E-state index >= 15 is 0 Å². The fraction of sp³-hybridized carbons (Fsp3) is 0.235. The van der Waals surface area contributed by atoms with E-state index in [1.54, 1.807) is 23.9 Å². The molecular weight excluding hydrogens is 298 g/mol. The first-order valence-corrected chi connectivity index (χ1v) is 7.96. The fourth-order valence-corrected chi connectivity index (χ4v) is 2.78. The van der Waals surface area contributed by atoms with Crippen LogP contribution >= 0.6 is 11.8 Å². The summed E-state index contributed by atoms with van der Waals surface area (Å²) in [6.07, 6.45) is 0. The van der Waals surface area contributed by atoms with Crippen molar-refractivity contribution in [3.05, 3.63) is 69.8 Å². The molecule has 0 bridgehead atoms. The number of Topliss-reactive ketones (excluding diaryl/α,β-unsaturated/α-hetero) is 1. The molecule has 0 amide bonds. The predicted molar refractivity (Wildman–Crippen MR) is 88.3 cm³/mol. The summed E-state index contributed by atoms with van der Waals surface area (Å²) >= 11 is 1.64. The SMILES string of the molecule is CC(C)C(=O)c1ccc(SCc2ccc([N+](=O)[O-])cc2)cc1. The number of nitrogens with zero attached hydrogens (tertiary/aromatic N) is 1. The van der Waals surface area contributed by atoms with Crippen molar-refractivity contribution >= 4 is 23.2 Å². The molecule has 0 saturated heterocycles. The highest BCUT2D eigenvalue weighted by Gasteiger charge is 2.10. The Morgan fingerprint density at radius 1 is 1.09 bits per heavy atom. The highest BCUT2D eigenvalue weighted by atomic mass is 32.2. The van der Waals surface area contributed by atoms with Crippen LogP contribution < -0.4 is 0 Å². The number of rotatable bonds is 6. The van der Waals surface area contributed by atoms with Crippen molar-refractivity contribution in [1.29, 1.82) is 0 Å². The van der Waals surface area contributed by atoms with Crippen LogP contribution in [0, 0.1) is 16.0 Å². The molecule has 0 aliphatic rings. The van der Waals surface area contributed by atoms with E-state index in [4.69, 9.17) is 0 Å². The van der Waals surface area contributed by atoms with Gasteiger partial charge in [0.05, 0.1) is 4.92 Å².